The number of nitrogens with two attached hydrogens (primary N) is 1. The summed E-state index contributed by atoms with van der Waals surface area (Å²) in [5.74, 6) is 0.242. The topological polar surface area (TPSA) is 84.2 Å². The van der Waals surface area contributed by atoms with Crippen LogP contribution in [0.25, 0.3) is 0 Å². The first-order valence-electron chi connectivity index (χ1n) is 7.32. The highest BCUT2D eigenvalue weighted by atomic mass is 35.5. The van der Waals surface area contributed by atoms with Crippen LogP contribution in [-0.2, 0) is 9.59 Å². The minimum absolute atomic E-state index is 0. The molecule has 1 fully saturated rings. The smallest absolute Gasteiger partial charge is 0.238 e. The third-order valence-corrected chi connectivity index (χ3v) is 5.40. The van der Waals surface area contributed by atoms with Gasteiger partial charge in [0.1, 0.15) is 0 Å². The molecule has 2 aliphatic rings. The average molecular weight is 376 g/mol. The van der Waals surface area contributed by atoms with Crippen LogP contribution in [0, 0.1) is 5.92 Å². The number of carbonyl (C=O) groups excluding carboxylic acids is 2. The maximum atomic E-state index is 12.1. The van der Waals surface area contributed by atoms with Crippen molar-refractivity contribution in [1.29, 1.82) is 0 Å². The number of amides is 2. The van der Waals surface area contributed by atoms with Gasteiger partial charge in [0.25, 0.3) is 0 Å². The fourth-order valence-corrected chi connectivity index (χ4v) is 3.68. The lowest BCUT2D eigenvalue weighted by Gasteiger charge is -2.24. The predicted octanol–water partition coefficient (Wildman–Crippen LogP) is 2.42. The molecule has 0 saturated heterocycles. The van der Waals surface area contributed by atoms with Crippen LogP contribution in [0.3, 0.4) is 0 Å². The Morgan fingerprint density at radius 2 is 2.22 bits per heavy atom. The highest BCUT2D eigenvalue weighted by Gasteiger charge is 2.31. The molecule has 2 amide bonds. The monoisotopic (exact) mass is 375 g/mol. The summed E-state index contributed by atoms with van der Waals surface area (Å²) in [6, 6.07) is 5.37. The lowest BCUT2D eigenvalue weighted by Crippen LogP contribution is -2.41. The molecule has 1 saturated carbocycles. The number of thioether (sulfide) groups is 1. The number of halogens is 2. The molecular formula is C15H19Cl2N3O2S. The van der Waals surface area contributed by atoms with Crippen molar-refractivity contribution >= 4 is 53.3 Å². The van der Waals surface area contributed by atoms with Gasteiger partial charge in [0.15, 0.2) is 0 Å². The Labute approximate surface area is 150 Å². The highest BCUT2D eigenvalue weighted by molar-refractivity contribution is 8.01. The SMILES string of the molecule is Cl.NC(CNC(=O)CC1Sc2ccc(Cl)cc2NC1=O)C1CC1. The van der Waals surface area contributed by atoms with E-state index in [4.69, 9.17) is 17.3 Å². The maximum absolute atomic E-state index is 12.1. The van der Waals surface area contributed by atoms with Gasteiger partial charge in [-0.1, -0.05) is 11.6 Å². The standard InChI is InChI=1S/C15H18ClN3O2S.ClH/c16-9-3-4-12-11(5-9)19-15(21)13(22-12)6-14(20)18-7-10(17)8-1-2-8;/h3-5,8,10,13H,1-2,6-7,17H2,(H,18,20)(H,19,21);1H. The van der Waals surface area contributed by atoms with Gasteiger partial charge in [-0.2, -0.15) is 0 Å². The molecule has 126 valence electrons. The Morgan fingerprint density at radius 3 is 2.91 bits per heavy atom. The van der Waals surface area contributed by atoms with Crippen molar-refractivity contribution in [3.05, 3.63) is 23.2 Å². The van der Waals surface area contributed by atoms with Crippen LogP contribution < -0.4 is 16.4 Å². The Hall–Kier alpha value is -0.950. The summed E-state index contributed by atoms with van der Waals surface area (Å²) in [4.78, 5) is 25.0. The molecule has 0 radical (unpaired) electrons. The number of carbonyl (C=O) groups is 2. The number of fused-ring (bicyclic) bond motifs is 1. The zero-order valence-corrected chi connectivity index (χ0v) is 14.8. The van der Waals surface area contributed by atoms with Crippen LogP contribution in [0.5, 0.6) is 0 Å². The third kappa shape index (κ3) is 4.76. The van der Waals surface area contributed by atoms with Crippen LogP contribution in [0.2, 0.25) is 5.02 Å². The van der Waals surface area contributed by atoms with Crippen molar-refractivity contribution < 1.29 is 9.59 Å². The van der Waals surface area contributed by atoms with E-state index in [0.717, 1.165) is 17.7 Å². The van der Waals surface area contributed by atoms with Gasteiger partial charge in [-0.05, 0) is 37.0 Å². The first kappa shape index (κ1) is 18.4. The van der Waals surface area contributed by atoms with Crippen molar-refractivity contribution in [2.45, 2.75) is 35.4 Å². The normalized spacial score (nSPS) is 20.8. The molecule has 4 N–H and O–H groups in total. The van der Waals surface area contributed by atoms with E-state index >= 15 is 0 Å². The van der Waals surface area contributed by atoms with Crippen LogP contribution >= 0.6 is 35.8 Å². The molecule has 3 rings (SSSR count). The van der Waals surface area contributed by atoms with Gasteiger partial charge in [0.05, 0.1) is 10.9 Å². The summed E-state index contributed by atoms with van der Waals surface area (Å²) < 4.78 is 0. The summed E-state index contributed by atoms with van der Waals surface area (Å²) >= 11 is 7.30. The summed E-state index contributed by atoms with van der Waals surface area (Å²) in [5.41, 5.74) is 6.66. The second-order valence-corrected chi connectivity index (χ2v) is 7.43. The van der Waals surface area contributed by atoms with Crippen LogP contribution in [-0.4, -0.2) is 29.7 Å². The molecule has 0 bridgehead atoms. The number of hydrogen-bond donors (Lipinski definition) is 3. The lowest BCUT2D eigenvalue weighted by atomic mass is 10.2. The molecule has 1 aliphatic heterocycles. The largest absolute Gasteiger partial charge is 0.354 e. The molecule has 1 aromatic rings. The van der Waals surface area contributed by atoms with E-state index in [1.807, 2.05) is 6.07 Å². The maximum Gasteiger partial charge on any atom is 0.238 e. The Bertz CT molecular complexity index is 610. The molecule has 0 spiro atoms. The lowest BCUT2D eigenvalue weighted by molar-refractivity contribution is -0.124. The second-order valence-electron chi connectivity index (χ2n) is 5.75. The molecular weight excluding hydrogens is 357 g/mol. The molecule has 5 nitrogen and oxygen atoms in total. The van der Waals surface area contributed by atoms with Crippen molar-refractivity contribution in [3.8, 4) is 0 Å². The second kappa shape index (κ2) is 7.75. The van der Waals surface area contributed by atoms with Crippen LogP contribution in [0.15, 0.2) is 23.1 Å². The molecule has 1 aromatic carbocycles. The van der Waals surface area contributed by atoms with Gasteiger partial charge in [-0.25, -0.2) is 0 Å². The molecule has 8 heteroatoms. The minimum atomic E-state index is -0.425. The Morgan fingerprint density at radius 1 is 1.48 bits per heavy atom. The summed E-state index contributed by atoms with van der Waals surface area (Å²) in [6.45, 7) is 0.481. The van der Waals surface area contributed by atoms with Gasteiger partial charge in [0.2, 0.25) is 11.8 Å². The van der Waals surface area contributed by atoms with Gasteiger partial charge in [0, 0.05) is 28.9 Å². The van der Waals surface area contributed by atoms with E-state index in [2.05, 4.69) is 10.6 Å². The molecule has 1 heterocycles. The number of nitrogens with one attached hydrogen (secondary N) is 2. The molecule has 2 unspecified atom stereocenters. The molecule has 1 aliphatic carbocycles. The Kier molecular flexibility index (Phi) is 6.19. The average Bonchev–Trinajstić information content (AvgIpc) is 3.30. The number of rotatable bonds is 5. The highest BCUT2D eigenvalue weighted by Crippen LogP contribution is 2.38. The summed E-state index contributed by atoms with van der Waals surface area (Å²) in [6.07, 6.45) is 2.45. The van der Waals surface area contributed by atoms with E-state index in [9.17, 15) is 9.59 Å². The first-order chi connectivity index (χ1) is 10.5. The van der Waals surface area contributed by atoms with Crippen molar-refractivity contribution in [3.63, 3.8) is 0 Å². The number of benzene rings is 1. The van der Waals surface area contributed by atoms with E-state index in [1.165, 1.54) is 11.8 Å². The zero-order valence-electron chi connectivity index (χ0n) is 12.4. The molecule has 0 aromatic heterocycles. The molecule has 23 heavy (non-hydrogen) atoms. The number of anilines is 1. The van der Waals surface area contributed by atoms with Crippen molar-refractivity contribution in [2.75, 3.05) is 11.9 Å². The fourth-order valence-electron chi connectivity index (χ4n) is 2.42. The van der Waals surface area contributed by atoms with Gasteiger partial charge in [-0.15, -0.1) is 24.2 Å². The number of hydrogen-bond acceptors (Lipinski definition) is 4. The fraction of sp³-hybridized carbons (Fsp3) is 0.467. The summed E-state index contributed by atoms with van der Waals surface area (Å²) in [5, 5.41) is 5.78. The van der Waals surface area contributed by atoms with Gasteiger partial charge < -0.3 is 16.4 Å². The summed E-state index contributed by atoms with van der Waals surface area (Å²) in [7, 11) is 0. The zero-order chi connectivity index (χ0) is 15.7. The minimum Gasteiger partial charge on any atom is -0.354 e. The third-order valence-electron chi connectivity index (χ3n) is 3.89. The van der Waals surface area contributed by atoms with Gasteiger partial charge >= 0.3 is 0 Å². The van der Waals surface area contributed by atoms with E-state index in [1.54, 1.807) is 12.1 Å². The van der Waals surface area contributed by atoms with Gasteiger partial charge in [-0.3, -0.25) is 9.59 Å². The quantitative estimate of drug-likeness (QED) is 0.737. The van der Waals surface area contributed by atoms with E-state index < -0.39 is 5.25 Å². The van der Waals surface area contributed by atoms with Crippen LogP contribution in [0.4, 0.5) is 5.69 Å². The first-order valence-corrected chi connectivity index (χ1v) is 8.58. The van der Waals surface area contributed by atoms with E-state index in [0.29, 0.717) is 23.2 Å². The van der Waals surface area contributed by atoms with Crippen LogP contribution in [0.1, 0.15) is 19.3 Å². The van der Waals surface area contributed by atoms with E-state index in [-0.39, 0.29) is 36.7 Å². The van der Waals surface area contributed by atoms with Crippen molar-refractivity contribution in [2.24, 2.45) is 11.7 Å². The predicted molar refractivity (Wildman–Crippen MR) is 95.3 cm³/mol. The molecule has 2 atom stereocenters. The Balaban J connectivity index is 0.00000192. The van der Waals surface area contributed by atoms with Crippen molar-refractivity contribution in [1.82, 2.24) is 5.32 Å².